The first kappa shape index (κ1) is 26.7. The highest BCUT2D eigenvalue weighted by molar-refractivity contribution is 7.92. The number of alkyl halides is 3. The van der Waals surface area contributed by atoms with Crippen molar-refractivity contribution < 1.29 is 31.1 Å². The van der Waals surface area contributed by atoms with Gasteiger partial charge in [-0.2, -0.15) is 18.3 Å². The lowest BCUT2D eigenvalue weighted by molar-refractivity contribution is -0.137. The van der Waals surface area contributed by atoms with Crippen LogP contribution in [0, 0.1) is 0 Å². The van der Waals surface area contributed by atoms with Gasteiger partial charge in [0, 0.05) is 0 Å². The number of hydrogen-bond donors (Lipinski definition) is 1. The number of anilines is 1. The number of hydrogen-bond acceptors (Lipinski definition) is 5. The number of nitrogens with one attached hydrogen (secondary N) is 1. The summed E-state index contributed by atoms with van der Waals surface area (Å²) in [6, 6.07) is 17.8. The molecule has 0 aliphatic heterocycles. The molecule has 0 aromatic heterocycles. The first-order valence-electron chi connectivity index (χ1n) is 10.9. The van der Waals surface area contributed by atoms with Crippen molar-refractivity contribution in [1.82, 2.24) is 5.43 Å². The molecule has 7 nitrogen and oxygen atoms in total. The van der Waals surface area contributed by atoms with Crippen molar-refractivity contribution in [2.45, 2.75) is 24.4 Å². The summed E-state index contributed by atoms with van der Waals surface area (Å²) in [7, 11) is -4.36. The molecular weight excluding hydrogens is 495 g/mol. The van der Waals surface area contributed by atoms with Gasteiger partial charge in [0.25, 0.3) is 15.9 Å². The van der Waals surface area contributed by atoms with Gasteiger partial charge >= 0.3 is 6.18 Å². The number of benzene rings is 3. The van der Waals surface area contributed by atoms with Crippen molar-refractivity contribution in [3.05, 3.63) is 90.0 Å². The Labute approximate surface area is 207 Å². The standard InChI is InChI=1S/C25H24F3N3O4S/c1-2-15-35-22-13-11-19(12-14-22)17-29-30-24(32)18-31(36(33,34)23-9-4-3-5-10-23)21-8-6-7-20(16-21)25(26,27)28/h3-14,16-17H,2,15,18H2,1H3,(H,30,32)/b29-17-. The highest BCUT2D eigenvalue weighted by Crippen LogP contribution is 2.33. The monoisotopic (exact) mass is 519 g/mol. The molecule has 36 heavy (non-hydrogen) atoms. The van der Waals surface area contributed by atoms with Gasteiger partial charge in [0.1, 0.15) is 12.3 Å². The summed E-state index contributed by atoms with van der Waals surface area (Å²) in [5.74, 6) is -0.160. The Morgan fingerprint density at radius 3 is 2.36 bits per heavy atom. The zero-order valence-corrected chi connectivity index (χ0v) is 20.1. The Hall–Kier alpha value is -3.86. The van der Waals surface area contributed by atoms with Gasteiger partial charge in [0.05, 0.1) is 29.0 Å². The average molecular weight is 520 g/mol. The second-order valence-corrected chi connectivity index (χ2v) is 9.45. The lowest BCUT2D eigenvalue weighted by Gasteiger charge is -2.24. The van der Waals surface area contributed by atoms with Crippen LogP contribution in [-0.2, 0) is 21.0 Å². The fraction of sp³-hybridized carbons (Fsp3) is 0.200. The van der Waals surface area contributed by atoms with Gasteiger partial charge in [0.15, 0.2) is 0 Å². The molecule has 1 N–H and O–H groups in total. The number of halogens is 3. The van der Waals surface area contributed by atoms with E-state index in [1.165, 1.54) is 36.5 Å². The molecule has 3 aromatic carbocycles. The number of sulfonamides is 1. The van der Waals surface area contributed by atoms with E-state index in [1.54, 1.807) is 30.3 Å². The number of carbonyl (C=O) groups is 1. The third kappa shape index (κ3) is 7.08. The summed E-state index contributed by atoms with van der Waals surface area (Å²) >= 11 is 0. The molecule has 0 atom stereocenters. The Morgan fingerprint density at radius 2 is 1.72 bits per heavy atom. The van der Waals surface area contributed by atoms with E-state index in [4.69, 9.17) is 4.74 Å². The van der Waals surface area contributed by atoms with E-state index in [1.807, 2.05) is 6.92 Å². The predicted molar refractivity (Wildman–Crippen MR) is 130 cm³/mol. The van der Waals surface area contributed by atoms with Gasteiger partial charge in [-0.05, 0) is 66.6 Å². The van der Waals surface area contributed by atoms with Gasteiger partial charge in [0.2, 0.25) is 0 Å². The van der Waals surface area contributed by atoms with Crippen LogP contribution in [0.5, 0.6) is 5.75 Å². The van der Waals surface area contributed by atoms with Crippen molar-refractivity contribution in [2.24, 2.45) is 5.10 Å². The van der Waals surface area contributed by atoms with Crippen molar-refractivity contribution in [3.63, 3.8) is 0 Å². The van der Waals surface area contributed by atoms with Crippen LogP contribution >= 0.6 is 0 Å². The van der Waals surface area contributed by atoms with Crippen LogP contribution in [0.4, 0.5) is 18.9 Å². The molecule has 3 aromatic rings. The Morgan fingerprint density at radius 1 is 1.03 bits per heavy atom. The number of ether oxygens (including phenoxy) is 1. The highest BCUT2D eigenvalue weighted by Gasteiger charge is 2.33. The quantitative estimate of drug-likeness (QED) is 0.307. The van der Waals surface area contributed by atoms with E-state index >= 15 is 0 Å². The summed E-state index contributed by atoms with van der Waals surface area (Å²) in [4.78, 5) is 12.4. The number of hydrazone groups is 1. The van der Waals surface area contributed by atoms with Crippen LogP contribution in [0.25, 0.3) is 0 Å². The summed E-state index contributed by atoms with van der Waals surface area (Å²) in [6.07, 6.45) is -2.48. The molecule has 0 heterocycles. The second kappa shape index (κ2) is 11.7. The lowest BCUT2D eigenvalue weighted by atomic mass is 10.2. The predicted octanol–water partition coefficient (Wildman–Crippen LogP) is 4.84. The van der Waals surface area contributed by atoms with Gasteiger partial charge in [-0.1, -0.05) is 31.2 Å². The maximum atomic E-state index is 13.3. The minimum absolute atomic E-state index is 0.177. The van der Waals surface area contributed by atoms with Crippen molar-refractivity contribution >= 4 is 27.8 Å². The minimum Gasteiger partial charge on any atom is -0.494 e. The molecule has 1 amide bonds. The van der Waals surface area contributed by atoms with Gasteiger partial charge in [-0.3, -0.25) is 9.10 Å². The highest BCUT2D eigenvalue weighted by atomic mass is 32.2. The topological polar surface area (TPSA) is 88.1 Å². The largest absolute Gasteiger partial charge is 0.494 e. The SMILES string of the molecule is CCCOc1ccc(/C=N\NC(=O)CN(c2cccc(C(F)(F)F)c2)S(=O)(=O)c2ccccc2)cc1. The van der Waals surface area contributed by atoms with E-state index in [0.29, 0.717) is 28.3 Å². The third-order valence-electron chi connectivity index (χ3n) is 4.84. The fourth-order valence-electron chi connectivity index (χ4n) is 3.09. The van der Waals surface area contributed by atoms with E-state index in [2.05, 4.69) is 10.5 Å². The van der Waals surface area contributed by atoms with Gasteiger partial charge < -0.3 is 4.74 Å². The smallest absolute Gasteiger partial charge is 0.416 e. The summed E-state index contributed by atoms with van der Waals surface area (Å²) in [5, 5.41) is 3.82. The molecule has 3 rings (SSSR count). The van der Waals surface area contributed by atoms with E-state index < -0.39 is 34.2 Å². The Balaban J connectivity index is 1.81. The minimum atomic E-state index is -4.69. The Bertz CT molecular complexity index is 1300. The molecule has 11 heteroatoms. The van der Waals surface area contributed by atoms with Crippen LogP contribution in [-0.4, -0.2) is 33.7 Å². The van der Waals surface area contributed by atoms with Crippen LogP contribution in [0.15, 0.2) is 88.9 Å². The molecule has 0 fully saturated rings. The van der Waals surface area contributed by atoms with Gasteiger partial charge in [-0.15, -0.1) is 0 Å². The molecule has 190 valence electrons. The number of carbonyl (C=O) groups excluding carboxylic acids is 1. The molecule has 0 aliphatic rings. The average Bonchev–Trinajstić information content (AvgIpc) is 2.87. The molecule has 0 saturated heterocycles. The van der Waals surface area contributed by atoms with Crippen LogP contribution in [0.1, 0.15) is 24.5 Å². The van der Waals surface area contributed by atoms with E-state index in [-0.39, 0.29) is 10.6 Å². The zero-order valence-electron chi connectivity index (χ0n) is 19.3. The summed E-state index contributed by atoms with van der Waals surface area (Å²) < 4.78 is 72.4. The molecule has 0 radical (unpaired) electrons. The van der Waals surface area contributed by atoms with Crippen molar-refractivity contribution in [3.8, 4) is 5.75 Å². The molecular formula is C25H24F3N3O4S. The molecule has 0 saturated carbocycles. The third-order valence-corrected chi connectivity index (χ3v) is 6.62. The Kier molecular flexibility index (Phi) is 8.70. The second-order valence-electron chi connectivity index (χ2n) is 7.58. The summed E-state index contributed by atoms with van der Waals surface area (Å²) in [6.45, 7) is 1.78. The summed E-state index contributed by atoms with van der Waals surface area (Å²) in [5.41, 5.74) is 1.51. The van der Waals surface area contributed by atoms with Crippen LogP contribution in [0.3, 0.4) is 0 Å². The molecule has 0 aliphatic carbocycles. The zero-order chi connectivity index (χ0) is 26.2. The lowest BCUT2D eigenvalue weighted by Crippen LogP contribution is -2.39. The first-order chi connectivity index (χ1) is 17.1. The fourth-order valence-corrected chi connectivity index (χ4v) is 4.52. The number of rotatable bonds is 10. The van der Waals surface area contributed by atoms with Crippen molar-refractivity contribution in [1.29, 1.82) is 0 Å². The van der Waals surface area contributed by atoms with Crippen molar-refractivity contribution in [2.75, 3.05) is 17.5 Å². The van der Waals surface area contributed by atoms with E-state index in [9.17, 15) is 26.4 Å². The van der Waals surface area contributed by atoms with Gasteiger partial charge in [-0.25, -0.2) is 13.8 Å². The van der Waals surface area contributed by atoms with E-state index in [0.717, 1.165) is 18.6 Å². The molecule has 0 bridgehead atoms. The first-order valence-corrected chi connectivity index (χ1v) is 12.3. The maximum absolute atomic E-state index is 13.3. The maximum Gasteiger partial charge on any atom is 0.416 e. The van der Waals surface area contributed by atoms with Crippen LogP contribution < -0.4 is 14.5 Å². The number of nitrogens with zero attached hydrogens (tertiary/aromatic N) is 2. The molecule has 0 spiro atoms. The van der Waals surface area contributed by atoms with Crippen LogP contribution in [0.2, 0.25) is 0 Å². The number of amides is 1. The normalized spacial score (nSPS) is 11.9. The molecule has 0 unspecified atom stereocenters.